The van der Waals surface area contributed by atoms with Crippen LogP contribution in [-0.2, 0) is 0 Å². The van der Waals surface area contributed by atoms with Crippen LogP contribution in [0.4, 0.5) is 0 Å². The second-order valence-corrected chi connectivity index (χ2v) is 4.00. The molecule has 1 saturated carbocycles. The maximum absolute atomic E-state index is 6.05. The fraction of sp³-hybridized carbons (Fsp3) is 1.00. The summed E-state index contributed by atoms with van der Waals surface area (Å²) in [4.78, 5) is 0. The summed E-state index contributed by atoms with van der Waals surface area (Å²) in [6.07, 6.45) is 4.10. The number of hydrogen-bond acceptors (Lipinski definition) is 0. The molecule has 1 heteroatoms. The van der Waals surface area contributed by atoms with Crippen LogP contribution < -0.4 is 0 Å². The minimum Gasteiger partial charge on any atom is -0.123 e. The van der Waals surface area contributed by atoms with Gasteiger partial charge in [0.2, 0.25) is 0 Å². The Balaban J connectivity index is 2.09. The van der Waals surface area contributed by atoms with Crippen molar-refractivity contribution >= 4 is 11.6 Å². The average Bonchev–Trinajstić information content (AvgIpc) is 2.50. The Morgan fingerprint density at radius 3 is 2.33 bits per heavy atom. The molecule has 0 nitrogen and oxygen atoms in total. The van der Waals surface area contributed by atoms with Gasteiger partial charge in [-0.15, -0.1) is 11.6 Å². The first kappa shape index (κ1) is 7.40. The Hall–Kier alpha value is 0.290. The van der Waals surface area contributed by atoms with Crippen molar-refractivity contribution in [1.29, 1.82) is 0 Å². The van der Waals surface area contributed by atoms with Crippen molar-refractivity contribution in [3.8, 4) is 0 Å². The van der Waals surface area contributed by atoms with Crippen LogP contribution in [0.2, 0.25) is 0 Å². The topological polar surface area (TPSA) is 0 Å². The van der Waals surface area contributed by atoms with E-state index in [0.717, 1.165) is 5.92 Å². The summed E-state index contributed by atoms with van der Waals surface area (Å²) in [5.74, 6) is 1.64. The summed E-state index contributed by atoms with van der Waals surface area (Å²) in [6, 6.07) is 0. The highest BCUT2D eigenvalue weighted by Crippen LogP contribution is 2.36. The van der Waals surface area contributed by atoms with E-state index in [-0.39, 0.29) is 0 Å². The van der Waals surface area contributed by atoms with Crippen molar-refractivity contribution in [2.24, 2.45) is 11.8 Å². The third-order valence-corrected chi connectivity index (χ3v) is 2.66. The second-order valence-electron chi connectivity index (χ2n) is 3.44. The van der Waals surface area contributed by atoms with Crippen molar-refractivity contribution in [2.45, 2.75) is 38.5 Å². The molecule has 9 heavy (non-hydrogen) atoms. The standard InChI is InChI=1S/C8H15Cl/c1-6(2)8(9)5-7-3-4-7/h6-8H,3-5H2,1-2H3. The molecule has 1 unspecified atom stereocenters. The van der Waals surface area contributed by atoms with Crippen molar-refractivity contribution < 1.29 is 0 Å². The molecule has 0 heterocycles. The van der Waals surface area contributed by atoms with Crippen LogP contribution in [0, 0.1) is 11.8 Å². The molecule has 0 aromatic heterocycles. The van der Waals surface area contributed by atoms with E-state index in [9.17, 15) is 0 Å². The Labute approximate surface area is 62.6 Å². The summed E-state index contributed by atoms with van der Waals surface area (Å²) in [5, 5.41) is 0.428. The molecule has 0 aromatic carbocycles. The fourth-order valence-corrected chi connectivity index (χ4v) is 1.20. The van der Waals surface area contributed by atoms with Gasteiger partial charge in [0.25, 0.3) is 0 Å². The molecular weight excluding hydrogens is 132 g/mol. The van der Waals surface area contributed by atoms with Gasteiger partial charge in [0.1, 0.15) is 0 Å². The lowest BCUT2D eigenvalue weighted by molar-refractivity contribution is 0.537. The van der Waals surface area contributed by atoms with Crippen molar-refractivity contribution in [3.05, 3.63) is 0 Å². The number of hydrogen-bond donors (Lipinski definition) is 0. The molecule has 0 N–H and O–H groups in total. The van der Waals surface area contributed by atoms with E-state index in [1.165, 1.54) is 19.3 Å². The molecule has 0 spiro atoms. The smallest absolute Gasteiger partial charge is 0.0361 e. The van der Waals surface area contributed by atoms with E-state index in [0.29, 0.717) is 11.3 Å². The number of rotatable bonds is 3. The molecule has 0 radical (unpaired) electrons. The zero-order valence-electron chi connectivity index (χ0n) is 6.23. The summed E-state index contributed by atoms with van der Waals surface area (Å²) in [6.45, 7) is 4.39. The van der Waals surface area contributed by atoms with Crippen LogP contribution in [0.5, 0.6) is 0 Å². The first-order chi connectivity index (χ1) is 4.20. The highest BCUT2D eigenvalue weighted by Gasteiger charge is 2.25. The quantitative estimate of drug-likeness (QED) is 0.537. The lowest BCUT2D eigenvalue weighted by atomic mass is 10.1. The van der Waals surface area contributed by atoms with Crippen LogP contribution in [-0.4, -0.2) is 5.38 Å². The van der Waals surface area contributed by atoms with Gasteiger partial charge >= 0.3 is 0 Å². The molecule has 0 bridgehead atoms. The second kappa shape index (κ2) is 2.92. The summed E-state index contributed by atoms with van der Waals surface area (Å²) in [5.41, 5.74) is 0. The van der Waals surface area contributed by atoms with Gasteiger partial charge in [0, 0.05) is 5.38 Å². The molecule has 1 atom stereocenters. The Morgan fingerprint density at radius 2 is 2.00 bits per heavy atom. The van der Waals surface area contributed by atoms with Gasteiger partial charge in [-0.2, -0.15) is 0 Å². The molecule has 0 saturated heterocycles. The van der Waals surface area contributed by atoms with E-state index in [1.54, 1.807) is 0 Å². The first-order valence-electron chi connectivity index (χ1n) is 3.84. The maximum Gasteiger partial charge on any atom is 0.0361 e. The van der Waals surface area contributed by atoms with Crippen molar-refractivity contribution in [2.75, 3.05) is 0 Å². The van der Waals surface area contributed by atoms with Gasteiger partial charge in [-0.1, -0.05) is 26.7 Å². The van der Waals surface area contributed by atoms with E-state index in [2.05, 4.69) is 13.8 Å². The van der Waals surface area contributed by atoms with Crippen molar-refractivity contribution in [1.82, 2.24) is 0 Å². The van der Waals surface area contributed by atoms with Crippen LogP contribution in [0.25, 0.3) is 0 Å². The van der Waals surface area contributed by atoms with E-state index in [4.69, 9.17) is 11.6 Å². The summed E-state index contributed by atoms with van der Waals surface area (Å²) >= 11 is 6.05. The third kappa shape index (κ3) is 2.57. The van der Waals surface area contributed by atoms with Gasteiger partial charge in [-0.25, -0.2) is 0 Å². The van der Waals surface area contributed by atoms with Gasteiger partial charge < -0.3 is 0 Å². The molecular formula is C8H15Cl. The number of alkyl halides is 1. The average molecular weight is 147 g/mol. The summed E-state index contributed by atoms with van der Waals surface area (Å²) < 4.78 is 0. The van der Waals surface area contributed by atoms with Crippen LogP contribution in [0.1, 0.15) is 33.1 Å². The zero-order valence-corrected chi connectivity index (χ0v) is 6.99. The summed E-state index contributed by atoms with van der Waals surface area (Å²) in [7, 11) is 0. The predicted molar refractivity (Wildman–Crippen MR) is 41.8 cm³/mol. The molecule has 1 rings (SSSR count). The molecule has 0 amide bonds. The number of halogens is 1. The van der Waals surface area contributed by atoms with Gasteiger partial charge in [-0.3, -0.25) is 0 Å². The monoisotopic (exact) mass is 146 g/mol. The molecule has 0 aromatic rings. The SMILES string of the molecule is CC(C)C(Cl)CC1CC1. The minimum atomic E-state index is 0.428. The lowest BCUT2D eigenvalue weighted by Gasteiger charge is -2.11. The normalized spacial score (nSPS) is 22.7. The lowest BCUT2D eigenvalue weighted by Crippen LogP contribution is -2.07. The Morgan fingerprint density at radius 1 is 1.44 bits per heavy atom. The van der Waals surface area contributed by atoms with Crippen LogP contribution in [0.3, 0.4) is 0 Å². The first-order valence-corrected chi connectivity index (χ1v) is 4.28. The van der Waals surface area contributed by atoms with E-state index >= 15 is 0 Å². The molecule has 1 aliphatic carbocycles. The molecule has 1 fully saturated rings. The van der Waals surface area contributed by atoms with E-state index in [1.807, 2.05) is 0 Å². The van der Waals surface area contributed by atoms with E-state index < -0.39 is 0 Å². The zero-order chi connectivity index (χ0) is 6.85. The predicted octanol–water partition coefficient (Wildman–Crippen LogP) is 3.05. The van der Waals surface area contributed by atoms with Crippen LogP contribution >= 0.6 is 11.6 Å². The van der Waals surface area contributed by atoms with Gasteiger partial charge in [0.05, 0.1) is 0 Å². The molecule has 0 aliphatic heterocycles. The highest BCUT2D eigenvalue weighted by molar-refractivity contribution is 6.20. The van der Waals surface area contributed by atoms with Gasteiger partial charge in [0.15, 0.2) is 0 Å². The molecule has 1 aliphatic rings. The van der Waals surface area contributed by atoms with Gasteiger partial charge in [-0.05, 0) is 18.3 Å². The van der Waals surface area contributed by atoms with Crippen molar-refractivity contribution in [3.63, 3.8) is 0 Å². The Kier molecular flexibility index (Phi) is 2.40. The fourth-order valence-electron chi connectivity index (χ4n) is 0.944. The minimum absolute atomic E-state index is 0.428. The van der Waals surface area contributed by atoms with Crippen LogP contribution in [0.15, 0.2) is 0 Å². The highest BCUT2D eigenvalue weighted by atomic mass is 35.5. The largest absolute Gasteiger partial charge is 0.123 e. The third-order valence-electron chi connectivity index (χ3n) is 1.98. The maximum atomic E-state index is 6.05. The molecule has 54 valence electrons. The Bertz CT molecular complexity index is 84.6.